The van der Waals surface area contributed by atoms with Gasteiger partial charge >= 0.3 is 5.97 Å². The fourth-order valence-electron chi connectivity index (χ4n) is 2.71. The molecule has 0 amide bonds. The van der Waals surface area contributed by atoms with Gasteiger partial charge in [-0.25, -0.2) is 9.48 Å². The summed E-state index contributed by atoms with van der Waals surface area (Å²) in [7, 11) is 0. The number of rotatable bonds is 3. The Balaban J connectivity index is 2.15. The Labute approximate surface area is 128 Å². The van der Waals surface area contributed by atoms with Crippen molar-refractivity contribution in [1.29, 1.82) is 0 Å². The van der Waals surface area contributed by atoms with Crippen LogP contribution < -0.4 is 5.32 Å². The van der Waals surface area contributed by atoms with Gasteiger partial charge in [0.25, 0.3) is 0 Å². The molecule has 0 saturated heterocycles. The SMILES string of the molecule is CCOC(=O)C1=C(C)Nc2ncnn2C1c1cccc(C)c1. The molecule has 1 aliphatic rings. The van der Waals surface area contributed by atoms with Crippen molar-refractivity contribution in [1.82, 2.24) is 14.8 Å². The number of hydrogen-bond acceptors (Lipinski definition) is 5. The molecule has 6 heteroatoms. The summed E-state index contributed by atoms with van der Waals surface area (Å²) in [5.41, 5.74) is 3.41. The molecule has 22 heavy (non-hydrogen) atoms. The lowest BCUT2D eigenvalue weighted by Crippen LogP contribution is -2.29. The lowest BCUT2D eigenvalue weighted by Gasteiger charge is -2.28. The highest BCUT2D eigenvalue weighted by atomic mass is 16.5. The van der Waals surface area contributed by atoms with Crippen LogP contribution in [0.1, 0.15) is 31.0 Å². The van der Waals surface area contributed by atoms with Crippen LogP contribution >= 0.6 is 0 Å². The topological polar surface area (TPSA) is 69.0 Å². The van der Waals surface area contributed by atoms with Crippen LogP contribution in [-0.4, -0.2) is 27.3 Å². The maximum atomic E-state index is 12.4. The van der Waals surface area contributed by atoms with E-state index in [1.54, 1.807) is 11.6 Å². The number of anilines is 1. The zero-order chi connectivity index (χ0) is 15.7. The molecule has 0 spiro atoms. The number of aromatic nitrogens is 3. The molecule has 0 radical (unpaired) electrons. The normalized spacial score (nSPS) is 17.0. The Hall–Kier alpha value is -2.63. The predicted molar refractivity (Wildman–Crippen MR) is 82.3 cm³/mol. The number of aryl methyl sites for hydroxylation is 1. The molecule has 3 rings (SSSR count). The molecule has 6 nitrogen and oxygen atoms in total. The summed E-state index contributed by atoms with van der Waals surface area (Å²) in [6.45, 7) is 6.01. The first-order valence-electron chi connectivity index (χ1n) is 7.22. The summed E-state index contributed by atoms with van der Waals surface area (Å²) in [6, 6.07) is 7.70. The largest absolute Gasteiger partial charge is 0.463 e. The van der Waals surface area contributed by atoms with E-state index >= 15 is 0 Å². The van der Waals surface area contributed by atoms with E-state index in [-0.39, 0.29) is 12.0 Å². The van der Waals surface area contributed by atoms with Gasteiger partial charge in [-0.15, -0.1) is 0 Å². The highest BCUT2D eigenvalue weighted by molar-refractivity contribution is 5.92. The van der Waals surface area contributed by atoms with Gasteiger partial charge in [0, 0.05) is 5.70 Å². The van der Waals surface area contributed by atoms with Gasteiger partial charge in [-0.05, 0) is 26.3 Å². The zero-order valence-corrected chi connectivity index (χ0v) is 12.8. The smallest absolute Gasteiger partial charge is 0.338 e. The highest BCUT2D eigenvalue weighted by Gasteiger charge is 2.34. The molecule has 1 aromatic carbocycles. The maximum Gasteiger partial charge on any atom is 0.338 e. The van der Waals surface area contributed by atoms with Crippen LogP contribution in [0.3, 0.4) is 0 Å². The molecule has 0 fully saturated rings. The lowest BCUT2D eigenvalue weighted by molar-refractivity contribution is -0.139. The summed E-state index contributed by atoms with van der Waals surface area (Å²) < 4.78 is 6.94. The fraction of sp³-hybridized carbons (Fsp3) is 0.312. The highest BCUT2D eigenvalue weighted by Crippen LogP contribution is 2.35. The number of fused-ring (bicyclic) bond motifs is 1. The average Bonchev–Trinajstić information content (AvgIpc) is 2.93. The van der Waals surface area contributed by atoms with E-state index in [1.807, 2.05) is 38.1 Å². The molecular weight excluding hydrogens is 280 g/mol. The Kier molecular flexibility index (Phi) is 3.66. The van der Waals surface area contributed by atoms with Crippen LogP contribution in [0.4, 0.5) is 5.95 Å². The molecule has 0 aliphatic carbocycles. The minimum Gasteiger partial charge on any atom is -0.463 e. The lowest BCUT2D eigenvalue weighted by atomic mass is 9.95. The summed E-state index contributed by atoms with van der Waals surface area (Å²) >= 11 is 0. The molecule has 1 aromatic heterocycles. The summed E-state index contributed by atoms with van der Waals surface area (Å²) in [4.78, 5) is 16.6. The standard InChI is InChI=1S/C16H18N4O2/c1-4-22-15(21)13-11(3)19-16-17-9-18-20(16)14(13)12-7-5-6-10(2)8-12/h5-9,14H,4H2,1-3H3,(H,17,18,19). The monoisotopic (exact) mass is 298 g/mol. The van der Waals surface area contributed by atoms with Gasteiger partial charge in [0.05, 0.1) is 12.2 Å². The van der Waals surface area contributed by atoms with Crippen molar-refractivity contribution in [3.8, 4) is 0 Å². The molecule has 1 atom stereocenters. The van der Waals surface area contributed by atoms with E-state index in [1.165, 1.54) is 6.33 Å². The first-order chi connectivity index (χ1) is 10.6. The van der Waals surface area contributed by atoms with Gasteiger partial charge in [-0.2, -0.15) is 10.1 Å². The molecule has 2 aromatic rings. The van der Waals surface area contributed by atoms with Crippen LogP contribution in [0.5, 0.6) is 0 Å². The Bertz CT molecular complexity index is 748. The predicted octanol–water partition coefficient (Wildman–Crippen LogP) is 2.44. The second kappa shape index (κ2) is 5.63. The Morgan fingerprint density at radius 2 is 2.23 bits per heavy atom. The summed E-state index contributed by atoms with van der Waals surface area (Å²) in [5.74, 6) is 0.289. The Morgan fingerprint density at radius 3 is 2.95 bits per heavy atom. The molecule has 114 valence electrons. The summed E-state index contributed by atoms with van der Waals surface area (Å²) in [6.07, 6.45) is 1.48. The van der Waals surface area contributed by atoms with Crippen molar-refractivity contribution in [2.45, 2.75) is 26.8 Å². The third kappa shape index (κ3) is 2.36. The van der Waals surface area contributed by atoms with E-state index in [4.69, 9.17) is 4.74 Å². The molecule has 1 N–H and O–H groups in total. The number of hydrogen-bond donors (Lipinski definition) is 1. The minimum atomic E-state index is -0.335. The average molecular weight is 298 g/mol. The van der Waals surface area contributed by atoms with Crippen molar-refractivity contribution in [2.75, 3.05) is 11.9 Å². The molecule has 0 saturated carbocycles. The van der Waals surface area contributed by atoms with Gasteiger partial charge < -0.3 is 10.1 Å². The number of nitrogens with one attached hydrogen (secondary N) is 1. The van der Waals surface area contributed by atoms with Gasteiger partial charge in [-0.1, -0.05) is 29.8 Å². The molecule has 2 heterocycles. The molecule has 1 unspecified atom stereocenters. The number of allylic oxidation sites excluding steroid dienone is 1. The van der Waals surface area contributed by atoms with Gasteiger partial charge in [-0.3, -0.25) is 0 Å². The van der Waals surface area contributed by atoms with E-state index in [9.17, 15) is 4.79 Å². The molecular formula is C16H18N4O2. The second-order valence-corrected chi connectivity index (χ2v) is 5.23. The van der Waals surface area contributed by atoms with Crippen molar-refractivity contribution < 1.29 is 9.53 Å². The second-order valence-electron chi connectivity index (χ2n) is 5.23. The van der Waals surface area contributed by atoms with E-state index in [0.29, 0.717) is 18.1 Å². The van der Waals surface area contributed by atoms with Gasteiger partial charge in [0.2, 0.25) is 5.95 Å². The van der Waals surface area contributed by atoms with Crippen LogP contribution in [0.15, 0.2) is 41.9 Å². The quantitative estimate of drug-likeness (QED) is 0.881. The fourth-order valence-corrected chi connectivity index (χ4v) is 2.71. The van der Waals surface area contributed by atoms with E-state index in [0.717, 1.165) is 16.8 Å². The summed E-state index contributed by atoms with van der Waals surface area (Å²) in [5, 5.41) is 7.38. The van der Waals surface area contributed by atoms with Crippen molar-refractivity contribution >= 4 is 11.9 Å². The molecule has 0 bridgehead atoms. The first-order valence-corrected chi connectivity index (χ1v) is 7.22. The third-order valence-corrected chi connectivity index (χ3v) is 3.65. The third-order valence-electron chi connectivity index (χ3n) is 3.65. The van der Waals surface area contributed by atoms with Crippen LogP contribution in [-0.2, 0) is 9.53 Å². The van der Waals surface area contributed by atoms with Gasteiger partial charge in [0.15, 0.2) is 0 Å². The number of nitrogens with zero attached hydrogens (tertiary/aromatic N) is 3. The van der Waals surface area contributed by atoms with Crippen LogP contribution in [0.25, 0.3) is 0 Å². The minimum absolute atomic E-state index is 0.333. The number of ether oxygens (including phenoxy) is 1. The number of benzene rings is 1. The van der Waals surface area contributed by atoms with Crippen LogP contribution in [0, 0.1) is 6.92 Å². The van der Waals surface area contributed by atoms with E-state index < -0.39 is 0 Å². The maximum absolute atomic E-state index is 12.4. The van der Waals surface area contributed by atoms with Crippen molar-refractivity contribution in [3.63, 3.8) is 0 Å². The Morgan fingerprint density at radius 1 is 1.41 bits per heavy atom. The van der Waals surface area contributed by atoms with Crippen molar-refractivity contribution in [3.05, 3.63) is 53.0 Å². The van der Waals surface area contributed by atoms with Crippen molar-refractivity contribution in [2.24, 2.45) is 0 Å². The number of esters is 1. The zero-order valence-electron chi connectivity index (χ0n) is 12.8. The first kappa shape index (κ1) is 14.3. The van der Waals surface area contributed by atoms with Crippen LogP contribution in [0.2, 0.25) is 0 Å². The number of carbonyl (C=O) groups excluding carboxylic acids is 1. The van der Waals surface area contributed by atoms with E-state index in [2.05, 4.69) is 15.4 Å². The molecule has 1 aliphatic heterocycles. The van der Waals surface area contributed by atoms with Gasteiger partial charge in [0.1, 0.15) is 12.4 Å². The number of carbonyl (C=O) groups is 1.